The van der Waals surface area contributed by atoms with Crippen LogP contribution >= 0.6 is 0 Å². The highest BCUT2D eigenvalue weighted by Gasteiger charge is 2.41. The Hall–Kier alpha value is -1.75. The van der Waals surface area contributed by atoms with E-state index < -0.39 is 0 Å². The van der Waals surface area contributed by atoms with Crippen molar-refractivity contribution < 1.29 is 4.74 Å². The van der Waals surface area contributed by atoms with Crippen LogP contribution in [0.3, 0.4) is 0 Å². The second kappa shape index (κ2) is 7.65. The van der Waals surface area contributed by atoms with Gasteiger partial charge in [-0.25, -0.2) is 0 Å². The number of aliphatic imine (C=N–C) groups is 1. The predicted octanol–water partition coefficient (Wildman–Crippen LogP) is 2.39. The second-order valence-electron chi connectivity index (χ2n) is 7.52. The van der Waals surface area contributed by atoms with Gasteiger partial charge in [-0.15, -0.1) is 0 Å². The fourth-order valence-electron chi connectivity index (χ4n) is 4.36. The number of nitrogens with one attached hydrogen (secondary N) is 2. The van der Waals surface area contributed by atoms with E-state index in [1.807, 2.05) is 0 Å². The number of hydrogen-bond acceptors (Lipinski definition) is 3. The van der Waals surface area contributed by atoms with Crippen molar-refractivity contribution >= 4 is 11.6 Å². The lowest BCUT2D eigenvalue weighted by Crippen LogP contribution is -2.47. The standard InChI is InChI=1S/C20H30N4O/c1-2-21-20(23-18-12-17-8-9-19(18)25-17)22-13-15-10-11-24(14-15)16-6-4-3-5-7-16/h3-7,15,17-19H,2,8-14H2,1H3,(H2,21,22,23). The van der Waals surface area contributed by atoms with Crippen molar-refractivity contribution in [1.82, 2.24) is 10.6 Å². The number of ether oxygens (including phenoxy) is 1. The maximum absolute atomic E-state index is 5.95. The highest BCUT2D eigenvalue weighted by molar-refractivity contribution is 5.80. The summed E-state index contributed by atoms with van der Waals surface area (Å²) in [5.74, 6) is 1.59. The molecule has 3 saturated heterocycles. The molecule has 2 N–H and O–H groups in total. The van der Waals surface area contributed by atoms with Crippen LogP contribution in [0.2, 0.25) is 0 Å². The van der Waals surface area contributed by atoms with Crippen LogP contribution in [0.15, 0.2) is 35.3 Å². The summed E-state index contributed by atoms with van der Waals surface area (Å²) in [6, 6.07) is 11.1. The van der Waals surface area contributed by atoms with Crippen LogP contribution in [0.1, 0.15) is 32.6 Å². The molecule has 0 spiro atoms. The molecule has 25 heavy (non-hydrogen) atoms. The first kappa shape index (κ1) is 16.7. The summed E-state index contributed by atoms with van der Waals surface area (Å²) in [5.41, 5.74) is 1.33. The molecule has 136 valence electrons. The Balaban J connectivity index is 1.31. The molecule has 0 amide bonds. The third-order valence-electron chi connectivity index (χ3n) is 5.69. The van der Waals surface area contributed by atoms with E-state index in [4.69, 9.17) is 9.73 Å². The number of guanidine groups is 1. The minimum atomic E-state index is 0.383. The van der Waals surface area contributed by atoms with Crippen molar-refractivity contribution in [2.75, 3.05) is 31.1 Å². The number of fused-ring (bicyclic) bond motifs is 2. The third-order valence-corrected chi connectivity index (χ3v) is 5.69. The fourth-order valence-corrected chi connectivity index (χ4v) is 4.36. The summed E-state index contributed by atoms with van der Waals surface area (Å²) in [7, 11) is 0. The number of benzene rings is 1. The van der Waals surface area contributed by atoms with Gasteiger partial charge >= 0.3 is 0 Å². The molecule has 0 aliphatic carbocycles. The van der Waals surface area contributed by atoms with Crippen LogP contribution in [0.5, 0.6) is 0 Å². The van der Waals surface area contributed by atoms with E-state index in [0.717, 1.165) is 38.6 Å². The molecule has 3 aliphatic rings. The maximum Gasteiger partial charge on any atom is 0.191 e. The van der Waals surface area contributed by atoms with Gasteiger partial charge in [-0.05, 0) is 50.7 Å². The molecule has 3 aliphatic heterocycles. The summed E-state index contributed by atoms with van der Waals surface area (Å²) in [6.07, 6.45) is 5.62. The molecule has 3 fully saturated rings. The van der Waals surface area contributed by atoms with Crippen molar-refractivity contribution in [2.24, 2.45) is 10.9 Å². The van der Waals surface area contributed by atoms with E-state index in [1.165, 1.54) is 24.9 Å². The van der Waals surface area contributed by atoms with Crippen LogP contribution in [-0.2, 0) is 4.74 Å². The van der Waals surface area contributed by atoms with Gasteiger partial charge in [0.15, 0.2) is 5.96 Å². The summed E-state index contributed by atoms with van der Waals surface area (Å²) in [4.78, 5) is 7.36. The van der Waals surface area contributed by atoms with Crippen LogP contribution in [0.4, 0.5) is 5.69 Å². The normalized spacial score (nSPS) is 31.6. The van der Waals surface area contributed by atoms with Crippen molar-refractivity contribution in [3.63, 3.8) is 0 Å². The number of hydrogen-bond donors (Lipinski definition) is 2. The van der Waals surface area contributed by atoms with Crippen LogP contribution in [0, 0.1) is 5.92 Å². The second-order valence-corrected chi connectivity index (χ2v) is 7.52. The molecule has 2 bridgehead atoms. The monoisotopic (exact) mass is 342 g/mol. The largest absolute Gasteiger partial charge is 0.373 e. The van der Waals surface area contributed by atoms with Crippen LogP contribution in [0.25, 0.3) is 0 Å². The van der Waals surface area contributed by atoms with E-state index >= 15 is 0 Å². The smallest absolute Gasteiger partial charge is 0.191 e. The third kappa shape index (κ3) is 3.92. The van der Waals surface area contributed by atoms with Gasteiger partial charge in [0.25, 0.3) is 0 Å². The molecule has 0 aromatic heterocycles. The quantitative estimate of drug-likeness (QED) is 0.637. The minimum Gasteiger partial charge on any atom is -0.373 e. The lowest BCUT2D eigenvalue weighted by Gasteiger charge is -2.23. The molecule has 4 rings (SSSR count). The Morgan fingerprint density at radius 1 is 1.24 bits per heavy atom. The zero-order chi connectivity index (χ0) is 17.1. The van der Waals surface area contributed by atoms with Crippen LogP contribution in [-0.4, -0.2) is 50.4 Å². The number of nitrogens with zero attached hydrogens (tertiary/aromatic N) is 2. The van der Waals surface area contributed by atoms with Crippen LogP contribution < -0.4 is 15.5 Å². The van der Waals surface area contributed by atoms with Gasteiger partial charge in [0, 0.05) is 31.9 Å². The highest BCUT2D eigenvalue weighted by Crippen LogP contribution is 2.34. The van der Waals surface area contributed by atoms with Gasteiger partial charge in [0.1, 0.15) is 0 Å². The molecule has 4 unspecified atom stereocenters. The predicted molar refractivity (Wildman–Crippen MR) is 102 cm³/mol. The first-order valence-corrected chi connectivity index (χ1v) is 9.82. The molecule has 5 nitrogen and oxygen atoms in total. The Labute approximate surface area is 150 Å². The Kier molecular flexibility index (Phi) is 5.11. The van der Waals surface area contributed by atoms with Gasteiger partial charge < -0.3 is 20.3 Å². The van der Waals surface area contributed by atoms with Gasteiger partial charge in [-0.1, -0.05) is 18.2 Å². The van der Waals surface area contributed by atoms with E-state index in [2.05, 4.69) is 52.8 Å². The summed E-state index contributed by atoms with van der Waals surface area (Å²) in [5, 5.41) is 7.02. The molecule has 1 aromatic rings. The molecule has 1 aromatic carbocycles. The van der Waals surface area contributed by atoms with Gasteiger partial charge in [0.05, 0.1) is 18.2 Å². The molecule has 0 radical (unpaired) electrons. The van der Waals surface area contributed by atoms with Crippen molar-refractivity contribution in [3.05, 3.63) is 30.3 Å². The van der Waals surface area contributed by atoms with E-state index in [9.17, 15) is 0 Å². The zero-order valence-electron chi connectivity index (χ0n) is 15.2. The van der Waals surface area contributed by atoms with E-state index in [1.54, 1.807) is 0 Å². The molecular weight excluding hydrogens is 312 g/mol. The lowest BCUT2D eigenvalue weighted by molar-refractivity contribution is 0.0992. The number of para-hydroxylation sites is 1. The Morgan fingerprint density at radius 2 is 2.12 bits per heavy atom. The molecule has 0 saturated carbocycles. The lowest BCUT2D eigenvalue weighted by atomic mass is 9.96. The van der Waals surface area contributed by atoms with E-state index in [0.29, 0.717) is 24.2 Å². The summed E-state index contributed by atoms with van der Waals surface area (Å²) < 4.78 is 5.95. The van der Waals surface area contributed by atoms with Gasteiger partial charge in [-0.3, -0.25) is 4.99 Å². The van der Waals surface area contributed by atoms with Crippen molar-refractivity contribution in [1.29, 1.82) is 0 Å². The topological polar surface area (TPSA) is 48.9 Å². The first-order valence-electron chi connectivity index (χ1n) is 9.82. The van der Waals surface area contributed by atoms with Crippen molar-refractivity contribution in [2.45, 2.75) is 50.9 Å². The molecule has 3 heterocycles. The molecule has 4 atom stereocenters. The van der Waals surface area contributed by atoms with Gasteiger partial charge in [-0.2, -0.15) is 0 Å². The molecular formula is C20H30N4O. The van der Waals surface area contributed by atoms with Gasteiger partial charge in [0.2, 0.25) is 0 Å². The Bertz CT molecular complexity index is 591. The highest BCUT2D eigenvalue weighted by atomic mass is 16.5. The first-order chi connectivity index (χ1) is 12.3. The zero-order valence-corrected chi connectivity index (χ0v) is 15.2. The van der Waals surface area contributed by atoms with Crippen molar-refractivity contribution in [3.8, 4) is 0 Å². The SMILES string of the molecule is CCNC(=NCC1CCN(c2ccccc2)C1)NC1CC2CCC1O2. The minimum absolute atomic E-state index is 0.383. The fraction of sp³-hybridized carbons (Fsp3) is 0.650. The number of anilines is 1. The molecule has 5 heteroatoms. The summed E-state index contributed by atoms with van der Waals surface area (Å²) in [6.45, 7) is 6.15. The summed E-state index contributed by atoms with van der Waals surface area (Å²) >= 11 is 0. The Morgan fingerprint density at radius 3 is 2.84 bits per heavy atom. The number of rotatable bonds is 5. The maximum atomic E-state index is 5.95. The average Bonchev–Trinajstić information content (AvgIpc) is 3.37. The van der Waals surface area contributed by atoms with E-state index in [-0.39, 0.29) is 0 Å². The average molecular weight is 342 g/mol.